The Morgan fingerprint density at radius 2 is 2.08 bits per heavy atom. The molecule has 0 aliphatic rings. The molecule has 0 aliphatic carbocycles. The third-order valence-electron chi connectivity index (χ3n) is 1.77. The topological polar surface area (TPSA) is 32.9 Å². The number of H-pyrrole nitrogens is 1. The molecule has 0 unspecified atom stereocenters. The summed E-state index contributed by atoms with van der Waals surface area (Å²) >= 11 is 4.23. The summed E-state index contributed by atoms with van der Waals surface area (Å²) in [6.07, 6.45) is 1.63. The van der Waals surface area contributed by atoms with Crippen molar-refractivity contribution in [1.82, 2.24) is 4.98 Å². The zero-order chi connectivity index (χ0) is 8.55. The first kappa shape index (κ1) is 7.43. The number of aromatic nitrogens is 1. The molecule has 2 nitrogen and oxygen atoms in total. The first-order chi connectivity index (χ1) is 5.79. The van der Waals surface area contributed by atoms with Gasteiger partial charge in [0.1, 0.15) is 0 Å². The molecule has 0 amide bonds. The molecule has 0 fully saturated rings. The summed E-state index contributed by atoms with van der Waals surface area (Å²) in [6.45, 7) is 0. The Morgan fingerprint density at radius 3 is 2.83 bits per heavy atom. The molecule has 60 valence electrons. The van der Waals surface area contributed by atoms with Gasteiger partial charge < -0.3 is 4.98 Å². The van der Waals surface area contributed by atoms with Crippen LogP contribution in [0.5, 0.6) is 0 Å². The number of aromatic amines is 1. The van der Waals surface area contributed by atoms with E-state index < -0.39 is 0 Å². The maximum Gasteiger partial charge on any atom is 0.189 e. The van der Waals surface area contributed by atoms with E-state index in [-0.39, 0.29) is 5.43 Å². The summed E-state index contributed by atoms with van der Waals surface area (Å²) in [6, 6.07) is 6.96. The summed E-state index contributed by atoms with van der Waals surface area (Å²) in [5, 5.41) is 0.685. The number of benzene rings is 1. The highest BCUT2D eigenvalue weighted by molar-refractivity contribution is 7.80. The maximum absolute atomic E-state index is 11.3. The fourth-order valence-corrected chi connectivity index (χ4v) is 1.46. The average molecular weight is 177 g/mol. The minimum absolute atomic E-state index is 0.0275. The third-order valence-corrected chi connectivity index (χ3v) is 2.14. The summed E-state index contributed by atoms with van der Waals surface area (Å²) in [4.78, 5) is 15.1. The molecule has 0 bridgehead atoms. The van der Waals surface area contributed by atoms with Gasteiger partial charge >= 0.3 is 0 Å². The summed E-state index contributed by atoms with van der Waals surface area (Å²) in [5.41, 5.74) is 0.827. The van der Waals surface area contributed by atoms with Crippen LogP contribution in [0.3, 0.4) is 0 Å². The van der Waals surface area contributed by atoms with Crippen molar-refractivity contribution in [1.29, 1.82) is 0 Å². The summed E-state index contributed by atoms with van der Waals surface area (Å²) in [7, 11) is 0. The van der Waals surface area contributed by atoms with Crippen LogP contribution in [0.15, 0.2) is 40.2 Å². The van der Waals surface area contributed by atoms with Gasteiger partial charge in [0.15, 0.2) is 5.43 Å². The van der Waals surface area contributed by atoms with Crippen LogP contribution in [0.25, 0.3) is 10.9 Å². The van der Waals surface area contributed by atoms with E-state index in [1.165, 1.54) is 6.07 Å². The number of hydrogen-bond acceptors (Lipinski definition) is 2. The zero-order valence-electron chi connectivity index (χ0n) is 6.24. The van der Waals surface area contributed by atoms with Crippen molar-refractivity contribution in [3.8, 4) is 0 Å². The second-order valence-corrected chi connectivity index (χ2v) is 3.02. The predicted octanol–water partition coefficient (Wildman–Crippen LogP) is 1.82. The first-order valence-corrected chi connectivity index (χ1v) is 4.03. The molecule has 0 radical (unpaired) electrons. The smallest absolute Gasteiger partial charge is 0.189 e. The molecule has 0 saturated carbocycles. The van der Waals surface area contributed by atoms with E-state index in [4.69, 9.17) is 0 Å². The number of fused-ring (bicyclic) bond motifs is 1. The van der Waals surface area contributed by atoms with E-state index in [2.05, 4.69) is 17.6 Å². The molecule has 1 heterocycles. The van der Waals surface area contributed by atoms with Gasteiger partial charge in [-0.1, -0.05) is 6.07 Å². The van der Waals surface area contributed by atoms with Crippen molar-refractivity contribution in [3.05, 3.63) is 40.7 Å². The van der Waals surface area contributed by atoms with Crippen molar-refractivity contribution in [2.75, 3.05) is 0 Å². The standard InChI is InChI=1S/C9H7NOS/c11-7-4-5-10-9-6(7)2-1-3-8(9)12/h1-5,12H,(H,10,11). The quantitative estimate of drug-likeness (QED) is 0.591. The number of thiol groups is 1. The lowest BCUT2D eigenvalue weighted by atomic mass is 10.2. The normalized spacial score (nSPS) is 10.4. The van der Waals surface area contributed by atoms with E-state index >= 15 is 0 Å². The van der Waals surface area contributed by atoms with Crippen LogP contribution in [0.1, 0.15) is 0 Å². The van der Waals surface area contributed by atoms with Crippen LogP contribution < -0.4 is 5.43 Å². The van der Waals surface area contributed by atoms with Crippen molar-refractivity contribution in [3.63, 3.8) is 0 Å². The SMILES string of the molecule is O=c1cc[nH]c2c(S)cccc12. The molecule has 0 aliphatic heterocycles. The minimum atomic E-state index is 0.0275. The predicted molar refractivity (Wildman–Crippen MR) is 51.8 cm³/mol. The van der Waals surface area contributed by atoms with E-state index in [0.717, 1.165) is 10.4 Å². The lowest BCUT2D eigenvalue weighted by Gasteiger charge is -1.98. The van der Waals surface area contributed by atoms with Gasteiger partial charge in [-0.15, -0.1) is 12.6 Å². The molecular weight excluding hydrogens is 170 g/mol. The highest BCUT2D eigenvalue weighted by atomic mass is 32.1. The molecule has 3 heteroatoms. The van der Waals surface area contributed by atoms with Crippen LogP contribution in [0, 0.1) is 0 Å². The molecule has 2 aromatic rings. The van der Waals surface area contributed by atoms with Crippen molar-refractivity contribution in [2.45, 2.75) is 4.90 Å². The summed E-state index contributed by atoms with van der Waals surface area (Å²) < 4.78 is 0. The number of pyridine rings is 1. The summed E-state index contributed by atoms with van der Waals surface area (Å²) in [5.74, 6) is 0. The molecule has 2 rings (SSSR count). The third kappa shape index (κ3) is 1.02. The van der Waals surface area contributed by atoms with Gasteiger partial charge in [-0.25, -0.2) is 0 Å². The average Bonchev–Trinajstić information content (AvgIpc) is 2.07. The Labute approximate surface area is 74.6 Å². The monoisotopic (exact) mass is 177 g/mol. The molecular formula is C9H7NOS. The second-order valence-electron chi connectivity index (χ2n) is 2.54. The number of rotatable bonds is 0. The largest absolute Gasteiger partial charge is 0.360 e. The fourth-order valence-electron chi connectivity index (χ4n) is 1.19. The second kappa shape index (κ2) is 2.68. The highest BCUT2D eigenvalue weighted by Crippen LogP contribution is 2.15. The van der Waals surface area contributed by atoms with E-state index in [1.807, 2.05) is 12.1 Å². The van der Waals surface area contributed by atoms with E-state index in [1.54, 1.807) is 12.3 Å². The Hall–Kier alpha value is -1.22. The van der Waals surface area contributed by atoms with Crippen LogP contribution >= 0.6 is 12.6 Å². The van der Waals surface area contributed by atoms with Gasteiger partial charge in [-0.05, 0) is 12.1 Å². The highest BCUT2D eigenvalue weighted by Gasteiger charge is 1.98. The van der Waals surface area contributed by atoms with Crippen LogP contribution in [-0.2, 0) is 0 Å². The number of para-hydroxylation sites is 1. The Kier molecular flexibility index (Phi) is 1.66. The number of hydrogen-bond donors (Lipinski definition) is 2. The molecule has 0 atom stereocenters. The van der Waals surface area contributed by atoms with Crippen molar-refractivity contribution in [2.24, 2.45) is 0 Å². The van der Waals surface area contributed by atoms with Gasteiger partial charge in [-0.2, -0.15) is 0 Å². The maximum atomic E-state index is 11.3. The molecule has 0 saturated heterocycles. The van der Waals surface area contributed by atoms with Gasteiger partial charge in [-0.3, -0.25) is 4.79 Å². The molecule has 12 heavy (non-hydrogen) atoms. The van der Waals surface area contributed by atoms with Crippen molar-refractivity contribution >= 4 is 23.5 Å². The minimum Gasteiger partial charge on any atom is -0.360 e. The Morgan fingerprint density at radius 1 is 1.25 bits per heavy atom. The lowest BCUT2D eigenvalue weighted by molar-refractivity contribution is 1.34. The van der Waals surface area contributed by atoms with Gasteiger partial charge in [0.25, 0.3) is 0 Å². The Bertz CT molecular complexity index is 475. The lowest BCUT2D eigenvalue weighted by Crippen LogP contribution is -1.99. The van der Waals surface area contributed by atoms with Crippen LogP contribution in [0.2, 0.25) is 0 Å². The Balaban J connectivity index is 3.05. The first-order valence-electron chi connectivity index (χ1n) is 3.58. The molecule has 0 spiro atoms. The van der Waals surface area contributed by atoms with E-state index in [9.17, 15) is 4.79 Å². The van der Waals surface area contributed by atoms with Crippen molar-refractivity contribution < 1.29 is 0 Å². The van der Waals surface area contributed by atoms with Gasteiger partial charge in [0.05, 0.1) is 5.52 Å². The van der Waals surface area contributed by atoms with E-state index in [0.29, 0.717) is 5.39 Å². The number of nitrogens with one attached hydrogen (secondary N) is 1. The van der Waals surface area contributed by atoms with Crippen LogP contribution in [0.4, 0.5) is 0 Å². The zero-order valence-corrected chi connectivity index (χ0v) is 7.14. The molecule has 1 aromatic heterocycles. The molecule has 1 aromatic carbocycles. The molecule has 1 N–H and O–H groups in total. The van der Waals surface area contributed by atoms with Gasteiger partial charge in [0, 0.05) is 22.5 Å². The van der Waals surface area contributed by atoms with Crippen LogP contribution in [-0.4, -0.2) is 4.98 Å². The van der Waals surface area contributed by atoms with Gasteiger partial charge in [0.2, 0.25) is 0 Å². The fraction of sp³-hybridized carbons (Fsp3) is 0.